The lowest BCUT2D eigenvalue weighted by Gasteiger charge is -2.21. The number of ether oxygens (including phenoxy) is 1. The maximum atomic E-state index is 11.8. The van der Waals surface area contributed by atoms with E-state index >= 15 is 0 Å². The van der Waals surface area contributed by atoms with Crippen LogP contribution in [0.2, 0.25) is 0 Å². The van der Waals surface area contributed by atoms with Crippen molar-refractivity contribution in [2.24, 2.45) is 0 Å². The third-order valence-electron chi connectivity index (χ3n) is 2.77. The van der Waals surface area contributed by atoms with Gasteiger partial charge in [0.05, 0.1) is 17.8 Å². The highest BCUT2D eigenvalue weighted by Gasteiger charge is 2.15. The van der Waals surface area contributed by atoms with Crippen LogP contribution in [0.1, 0.15) is 57.0 Å². The molecule has 4 nitrogen and oxygen atoms in total. The SMILES string of the molecule is CCCc1ccc(C(=O)OOC(C)COC(C)(C)C)cc1. The Hall–Kier alpha value is -1.39. The lowest BCUT2D eigenvalue weighted by molar-refractivity contribution is -0.282. The molecule has 0 aliphatic carbocycles. The highest BCUT2D eigenvalue weighted by molar-refractivity contribution is 5.88. The van der Waals surface area contributed by atoms with E-state index in [1.54, 1.807) is 19.1 Å². The van der Waals surface area contributed by atoms with Crippen LogP contribution in [0.15, 0.2) is 24.3 Å². The normalized spacial score (nSPS) is 13.0. The topological polar surface area (TPSA) is 44.8 Å². The van der Waals surface area contributed by atoms with Crippen molar-refractivity contribution in [1.29, 1.82) is 0 Å². The number of hydrogen-bond acceptors (Lipinski definition) is 4. The number of hydrogen-bond donors (Lipinski definition) is 0. The monoisotopic (exact) mass is 294 g/mol. The molecule has 0 N–H and O–H groups in total. The molecule has 4 heteroatoms. The zero-order chi connectivity index (χ0) is 15.9. The van der Waals surface area contributed by atoms with Gasteiger partial charge in [0, 0.05) is 0 Å². The standard InChI is InChI=1S/C17H26O4/c1-6-7-14-8-10-15(11-9-14)16(18)21-20-13(2)12-19-17(3,4)5/h8-11,13H,6-7,12H2,1-5H3. The number of benzene rings is 1. The van der Waals surface area contributed by atoms with Crippen LogP contribution in [0.4, 0.5) is 0 Å². The van der Waals surface area contributed by atoms with E-state index in [1.165, 1.54) is 5.56 Å². The summed E-state index contributed by atoms with van der Waals surface area (Å²) in [6.07, 6.45) is 1.78. The minimum atomic E-state index is -0.486. The van der Waals surface area contributed by atoms with Gasteiger partial charge in [0.25, 0.3) is 0 Å². The minimum Gasteiger partial charge on any atom is -0.373 e. The van der Waals surface area contributed by atoms with Crippen LogP contribution in [0.5, 0.6) is 0 Å². The molecule has 0 radical (unpaired) electrons. The van der Waals surface area contributed by atoms with E-state index in [0.717, 1.165) is 12.8 Å². The van der Waals surface area contributed by atoms with Crippen LogP contribution in [-0.4, -0.2) is 24.3 Å². The van der Waals surface area contributed by atoms with Crippen molar-refractivity contribution in [3.05, 3.63) is 35.4 Å². The van der Waals surface area contributed by atoms with E-state index in [9.17, 15) is 4.79 Å². The highest BCUT2D eigenvalue weighted by atomic mass is 17.2. The van der Waals surface area contributed by atoms with Crippen LogP contribution < -0.4 is 0 Å². The van der Waals surface area contributed by atoms with Gasteiger partial charge in [0.15, 0.2) is 0 Å². The number of rotatable bonds is 7. The van der Waals surface area contributed by atoms with Gasteiger partial charge in [0.2, 0.25) is 0 Å². The van der Waals surface area contributed by atoms with Crippen LogP contribution in [0.25, 0.3) is 0 Å². The first-order chi connectivity index (χ1) is 9.81. The molecule has 0 saturated carbocycles. The molecule has 1 aromatic rings. The first-order valence-corrected chi connectivity index (χ1v) is 7.42. The Kier molecular flexibility index (Phi) is 6.85. The molecule has 118 valence electrons. The average molecular weight is 294 g/mol. The zero-order valence-corrected chi connectivity index (χ0v) is 13.6. The molecule has 0 bridgehead atoms. The fourth-order valence-corrected chi connectivity index (χ4v) is 1.67. The predicted molar refractivity (Wildman–Crippen MR) is 82.1 cm³/mol. The summed E-state index contributed by atoms with van der Waals surface area (Å²) < 4.78 is 5.56. The van der Waals surface area contributed by atoms with E-state index in [0.29, 0.717) is 12.2 Å². The van der Waals surface area contributed by atoms with Crippen molar-refractivity contribution in [3.63, 3.8) is 0 Å². The summed E-state index contributed by atoms with van der Waals surface area (Å²) in [6, 6.07) is 7.39. The molecular formula is C17H26O4. The van der Waals surface area contributed by atoms with Crippen molar-refractivity contribution >= 4 is 5.97 Å². The van der Waals surface area contributed by atoms with Gasteiger partial charge in [-0.25, -0.2) is 4.79 Å². The Balaban J connectivity index is 2.39. The molecule has 0 fully saturated rings. The summed E-state index contributed by atoms with van der Waals surface area (Å²) in [4.78, 5) is 21.7. The molecule has 1 atom stereocenters. The van der Waals surface area contributed by atoms with Crippen molar-refractivity contribution < 1.29 is 19.3 Å². The maximum Gasteiger partial charge on any atom is 0.373 e. The van der Waals surface area contributed by atoms with Crippen molar-refractivity contribution in [1.82, 2.24) is 0 Å². The Morgan fingerprint density at radius 1 is 1.19 bits per heavy atom. The van der Waals surface area contributed by atoms with Crippen LogP contribution >= 0.6 is 0 Å². The van der Waals surface area contributed by atoms with Gasteiger partial charge >= 0.3 is 5.97 Å². The quantitative estimate of drug-likeness (QED) is 0.564. The molecule has 0 heterocycles. The molecule has 21 heavy (non-hydrogen) atoms. The molecule has 1 aromatic carbocycles. The molecule has 0 aromatic heterocycles. The first kappa shape index (κ1) is 17.7. The van der Waals surface area contributed by atoms with E-state index in [1.807, 2.05) is 32.9 Å². The van der Waals surface area contributed by atoms with Gasteiger partial charge < -0.3 is 4.74 Å². The second kappa shape index (κ2) is 8.15. The van der Waals surface area contributed by atoms with Gasteiger partial charge in [-0.15, -0.1) is 0 Å². The van der Waals surface area contributed by atoms with Gasteiger partial charge in [-0.1, -0.05) is 25.5 Å². The summed E-state index contributed by atoms with van der Waals surface area (Å²) in [6.45, 7) is 10.2. The second-order valence-electron chi connectivity index (χ2n) is 6.15. The van der Waals surface area contributed by atoms with E-state index in [4.69, 9.17) is 14.5 Å². The highest BCUT2D eigenvalue weighted by Crippen LogP contribution is 2.10. The third kappa shape index (κ3) is 7.25. The van der Waals surface area contributed by atoms with Crippen LogP contribution in [0, 0.1) is 0 Å². The smallest absolute Gasteiger partial charge is 0.373 e. The molecule has 0 spiro atoms. The Bertz CT molecular complexity index is 431. The summed E-state index contributed by atoms with van der Waals surface area (Å²) in [7, 11) is 0. The second-order valence-corrected chi connectivity index (χ2v) is 6.15. The Labute approximate surface area is 127 Å². The van der Waals surface area contributed by atoms with Gasteiger partial charge in [-0.05, 0) is 51.8 Å². The Morgan fingerprint density at radius 2 is 1.81 bits per heavy atom. The van der Waals surface area contributed by atoms with Crippen LogP contribution in [-0.2, 0) is 20.9 Å². The van der Waals surface area contributed by atoms with Crippen LogP contribution in [0.3, 0.4) is 0 Å². The Morgan fingerprint density at radius 3 is 2.33 bits per heavy atom. The first-order valence-electron chi connectivity index (χ1n) is 7.42. The molecular weight excluding hydrogens is 268 g/mol. The van der Waals surface area contributed by atoms with Gasteiger partial charge in [-0.3, -0.25) is 4.89 Å². The number of carbonyl (C=O) groups is 1. The van der Waals surface area contributed by atoms with Crippen molar-refractivity contribution in [2.45, 2.75) is 59.2 Å². The zero-order valence-electron chi connectivity index (χ0n) is 13.6. The summed E-state index contributed by atoms with van der Waals surface area (Å²) >= 11 is 0. The molecule has 0 aliphatic heterocycles. The summed E-state index contributed by atoms with van der Waals surface area (Å²) in [5.74, 6) is -0.486. The van der Waals surface area contributed by atoms with Crippen molar-refractivity contribution in [3.8, 4) is 0 Å². The fourth-order valence-electron chi connectivity index (χ4n) is 1.67. The van der Waals surface area contributed by atoms with Gasteiger partial charge in [-0.2, -0.15) is 4.89 Å². The molecule has 0 amide bonds. The molecule has 1 rings (SSSR count). The van der Waals surface area contributed by atoms with E-state index in [2.05, 4.69) is 6.92 Å². The summed E-state index contributed by atoms with van der Waals surface area (Å²) in [5.41, 5.74) is 1.46. The van der Waals surface area contributed by atoms with Gasteiger partial charge in [0.1, 0.15) is 6.10 Å². The fraction of sp³-hybridized carbons (Fsp3) is 0.588. The third-order valence-corrected chi connectivity index (χ3v) is 2.77. The molecule has 1 unspecified atom stereocenters. The minimum absolute atomic E-state index is 0.239. The average Bonchev–Trinajstić information content (AvgIpc) is 2.43. The largest absolute Gasteiger partial charge is 0.373 e. The van der Waals surface area contributed by atoms with E-state index in [-0.39, 0.29) is 11.7 Å². The number of carbonyl (C=O) groups excluding carboxylic acids is 1. The molecule has 0 aliphatic rings. The molecule has 0 saturated heterocycles. The lowest BCUT2D eigenvalue weighted by Crippen LogP contribution is -2.27. The van der Waals surface area contributed by atoms with E-state index < -0.39 is 5.97 Å². The lowest BCUT2D eigenvalue weighted by atomic mass is 10.1. The van der Waals surface area contributed by atoms with Crippen molar-refractivity contribution in [2.75, 3.05) is 6.61 Å². The maximum absolute atomic E-state index is 11.8. The predicted octanol–water partition coefficient (Wildman–Crippen LogP) is 3.93. The number of aryl methyl sites for hydroxylation is 1. The summed E-state index contributed by atoms with van der Waals surface area (Å²) in [5, 5.41) is 0.